The summed E-state index contributed by atoms with van der Waals surface area (Å²) in [7, 11) is 1.55. The highest BCUT2D eigenvalue weighted by Crippen LogP contribution is 2.31. The van der Waals surface area contributed by atoms with Crippen LogP contribution in [-0.4, -0.2) is 41.3 Å². The highest BCUT2D eigenvalue weighted by atomic mass is 16.5. The highest BCUT2D eigenvalue weighted by Gasteiger charge is 2.47. The highest BCUT2D eigenvalue weighted by molar-refractivity contribution is 6.23. The van der Waals surface area contributed by atoms with Crippen LogP contribution in [0, 0.1) is 0 Å². The molecule has 1 aromatic carbocycles. The van der Waals surface area contributed by atoms with Crippen molar-refractivity contribution in [1.29, 1.82) is 0 Å². The molecule has 1 aliphatic rings. The number of ether oxygens (including phenoxy) is 1. The molecule has 24 heavy (non-hydrogen) atoms. The molecule has 1 atom stereocenters. The maximum absolute atomic E-state index is 12.9. The van der Waals surface area contributed by atoms with Gasteiger partial charge in [-0.1, -0.05) is 6.92 Å². The first kappa shape index (κ1) is 18.0. The number of imide groups is 1. The minimum Gasteiger partial charge on any atom is -0.497 e. The molecule has 0 radical (unpaired) electrons. The molecule has 0 spiro atoms. The number of amides is 3. The summed E-state index contributed by atoms with van der Waals surface area (Å²) in [5.41, 5.74) is -0.00590. The van der Waals surface area contributed by atoms with Gasteiger partial charge in [-0.2, -0.15) is 0 Å². The molecule has 2 rings (SSSR count). The second-order valence-electron chi connectivity index (χ2n) is 6.54. The zero-order valence-electron chi connectivity index (χ0n) is 14.8. The van der Waals surface area contributed by atoms with Crippen LogP contribution < -0.4 is 9.64 Å². The lowest BCUT2D eigenvalue weighted by Crippen LogP contribution is -2.54. The Bertz CT molecular complexity index is 651. The van der Waals surface area contributed by atoms with Crippen molar-refractivity contribution in [2.24, 2.45) is 0 Å². The zero-order valence-corrected chi connectivity index (χ0v) is 14.8. The summed E-state index contributed by atoms with van der Waals surface area (Å²) in [5.74, 6) is -0.216. The van der Waals surface area contributed by atoms with Crippen molar-refractivity contribution >= 4 is 23.4 Å². The van der Waals surface area contributed by atoms with E-state index in [1.54, 1.807) is 31.4 Å². The average molecular weight is 332 g/mol. The van der Waals surface area contributed by atoms with E-state index in [-0.39, 0.29) is 24.1 Å². The molecule has 0 aliphatic carbocycles. The van der Waals surface area contributed by atoms with Crippen LogP contribution in [0.15, 0.2) is 24.3 Å². The first-order valence-corrected chi connectivity index (χ1v) is 8.03. The molecule has 0 saturated carbocycles. The summed E-state index contributed by atoms with van der Waals surface area (Å²) in [6.07, 6.45) is 0.695. The number of methoxy groups -OCH3 is 1. The van der Waals surface area contributed by atoms with Crippen LogP contribution in [-0.2, 0) is 14.4 Å². The molecule has 0 N–H and O–H groups in total. The summed E-state index contributed by atoms with van der Waals surface area (Å²) >= 11 is 0. The van der Waals surface area contributed by atoms with Crippen LogP contribution in [0.3, 0.4) is 0 Å². The Morgan fingerprint density at radius 3 is 2.33 bits per heavy atom. The third-order valence-corrected chi connectivity index (χ3v) is 4.62. The largest absolute Gasteiger partial charge is 0.497 e. The Labute approximate surface area is 142 Å². The van der Waals surface area contributed by atoms with Crippen LogP contribution in [0.2, 0.25) is 0 Å². The van der Waals surface area contributed by atoms with Gasteiger partial charge in [0.2, 0.25) is 11.8 Å². The van der Waals surface area contributed by atoms with Crippen LogP contribution in [0.1, 0.15) is 40.5 Å². The van der Waals surface area contributed by atoms with E-state index >= 15 is 0 Å². The number of hydrogen-bond acceptors (Lipinski definition) is 4. The molecule has 6 heteroatoms. The monoisotopic (exact) mass is 332 g/mol. The molecule has 3 amide bonds. The maximum Gasteiger partial charge on any atom is 0.257 e. The third-order valence-electron chi connectivity index (χ3n) is 4.62. The van der Waals surface area contributed by atoms with E-state index < -0.39 is 11.6 Å². The molecule has 6 nitrogen and oxygen atoms in total. The number of benzene rings is 1. The Kier molecular flexibility index (Phi) is 4.96. The Balaban J connectivity index is 2.34. The predicted molar refractivity (Wildman–Crippen MR) is 90.8 cm³/mol. The quantitative estimate of drug-likeness (QED) is 0.776. The molecule has 1 aliphatic heterocycles. The Morgan fingerprint density at radius 2 is 1.88 bits per heavy atom. The zero-order chi connectivity index (χ0) is 18.1. The van der Waals surface area contributed by atoms with Gasteiger partial charge >= 0.3 is 0 Å². The summed E-state index contributed by atoms with van der Waals surface area (Å²) in [6, 6.07) is 5.97. The van der Waals surface area contributed by atoms with Crippen molar-refractivity contribution in [3.05, 3.63) is 24.3 Å². The number of rotatable bonds is 5. The summed E-state index contributed by atoms with van der Waals surface area (Å²) in [4.78, 5) is 40.1. The van der Waals surface area contributed by atoms with Gasteiger partial charge in [-0.25, -0.2) is 4.90 Å². The van der Waals surface area contributed by atoms with Crippen molar-refractivity contribution in [2.75, 3.05) is 12.0 Å². The van der Waals surface area contributed by atoms with Crippen molar-refractivity contribution in [3.63, 3.8) is 0 Å². The van der Waals surface area contributed by atoms with E-state index in [0.29, 0.717) is 17.9 Å². The van der Waals surface area contributed by atoms with E-state index in [0.717, 1.165) is 4.90 Å². The van der Waals surface area contributed by atoms with Crippen molar-refractivity contribution in [2.45, 2.75) is 52.1 Å². The van der Waals surface area contributed by atoms with E-state index in [4.69, 9.17) is 4.74 Å². The number of carbonyl (C=O) groups is 3. The van der Waals surface area contributed by atoms with Gasteiger partial charge in [0.25, 0.3) is 5.91 Å². The summed E-state index contributed by atoms with van der Waals surface area (Å²) < 4.78 is 5.09. The molecule has 1 fully saturated rings. The summed E-state index contributed by atoms with van der Waals surface area (Å²) in [5, 5.41) is 0. The fourth-order valence-corrected chi connectivity index (χ4v) is 3.06. The second kappa shape index (κ2) is 6.63. The van der Waals surface area contributed by atoms with Crippen LogP contribution in [0.4, 0.5) is 5.69 Å². The second-order valence-corrected chi connectivity index (χ2v) is 6.54. The van der Waals surface area contributed by atoms with Gasteiger partial charge in [0, 0.05) is 12.5 Å². The maximum atomic E-state index is 12.9. The van der Waals surface area contributed by atoms with Gasteiger partial charge in [-0.3, -0.25) is 14.4 Å². The van der Waals surface area contributed by atoms with Crippen LogP contribution in [0.25, 0.3) is 0 Å². The standard InChI is InChI=1S/C18H24N2O4/c1-6-18(3,4)20(12(2)21)15-11-16(22)19(17(15)23)13-7-9-14(24-5)10-8-13/h7-10,15H,6,11H2,1-5H3. The van der Waals surface area contributed by atoms with Crippen LogP contribution in [0.5, 0.6) is 5.75 Å². The van der Waals surface area contributed by atoms with E-state index in [1.165, 1.54) is 11.8 Å². The molecule has 1 saturated heterocycles. The fraction of sp³-hybridized carbons (Fsp3) is 0.500. The molecule has 1 heterocycles. The molecule has 0 aromatic heterocycles. The van der Waals surface area contributed by atoms with Gasteiger partial charge in [0.1, 0.15) is 11.8 Å². The van der Waals surface area contributed by atoms with Gasteiger partial charge in [0.15, 0.2) is 0 Å². The lowest BCUT2D eigenvalue weighted by atomic mass is 9.96. The van der Waals surface area contributed by atoms with E-state index in [9.17, 15) is 14.4 Å². The van der Waals surface area contributed by atoms with Gasteiger partial charge in [-0.15, -0.1) is 0 Å². The van der Waals surface area contributed by atoms with Crippen molar-refractivity contribution in [3.8, 4) is 5.75 Å². The molecule has 0 bridgehead atoms. The van der Waals surface area contributed by atoms with Crippen molar-refractivity contribution < 1.29 is 19.1 Å². The molecule has 1 unspecified atom stereocenters. The molecule has 1 aromatic rings. The van der Waals surface area contributed by atoms with Gasteiger partial charge in [-0.05, 0) is 44.5 Å². The minimum absolute atomic E-state index is 0.00781. The number of hydrogen-bond donors (Lipinski definition) is 0. The lowest BCUT2D eigenvalue weighted by Gasteiger charge is -2.40. The SMILES string of the molecule is CCC(C)(C)N(C(C)=O)C1CC(=O)N(c2ccc(OC)cc2)C1=O. The first-order chi connectivity index (χ1) is 11.2. The molecule has 130 valence electrons. The van der Waals surface area contributed by atoms with Gasteiger partial charge < -0.3 is 9.64 Å². The number of anilines is 1. The Hall–Kier alpha value is -2.37. The molecular formula is C18H24N2O4. The molecular weight excluding hydrogens is 308 g/mol. The topological polar surface area (TPSA) is 66.9 Å². The normalized spacial score (nSPS) is 18.0. The third kappa shape index (κ3) is 3.13. The number of carbonyl (C=O) groups excluding carboxylic acids is 3. The Morgan fingerprint density at radius 1 is 1.29 bits per heavy atom. The van der Waals surface area contributed by atoms with Crippen LogP contribution >= 0.6 is 0 Å². The average Bonchev–Trinajstić information content (AvgIpc) is 2.81. The van der Waals surface area contributed by atoms with E-state index in [1.807, 2.05) is 20.8 Å². The lowest BCUT2D eigenvalue weighted by molar-refractivity contribution is -0.142. The van der Waals surface area contributed by atoms with Gasteiger partial charge in [0.05, 0.1) is 19.2 Å². The first-order valence-electron chi connectivity index (χ1n) is 8.03. The van der Waals surface area contributed by atoms with E-state index in [2.05, 4.69) is 0 Å². The predicted octanol–water partition coefficient (Wildman–Crippen LogP) is 2.36. The smallest absolute Gasteiger partial charge is 0.257 e. The van der Waals surface area contributed by atoms with Crippen molar-refractivity contribution in [1.82, 2.24) is 4.90 Å². The fourth-order valence-electron chi connectivity index (χ4n) is 3.06. The summed E-state index contributed by atoms with van der Waals surface area (Å²) in [6.45, 7) is 7.20. The number of nitrogens with zero attached hydrogens (tertiary/aromatic N) is 2. The minimum atomic E-state index is -0.757.